The van der Waals surface area contributed by atoms with E-state index in [9.17, 15) is 18.0 Å². The summed E-state index contributed by atoms with van der Waals surface area (Å²) < 4.78 is 45.3. The van der Waals surface area contributed by atoms with Crippen LogP contribution in [0.15, 0.2) is 42.9 Å². The molecule has 0 fully saturated rings. The second-order valence-corrected chi connectivity index (χ2v) is 4.33. The van der Waals surface area contributed by atoms with Crippen molar-refractivity contribution in [3.8, 4) is 11.6 Å². The van der Waals surface area contributed by atoms with Crippen LogP contribution in [0.1, 0.15) is 0 Å². The van der Waals surface area contributed by atoms with E-state index in [1.54, 1.807) is 12.1 Å². The molecule has 0 saturated carbocycles. The number of hydrogen-bond acceptors (Lipinski definition) is 5. The lowest BCUT2D eigenvalue weighted by Crippen LogP contribution is -2.23. The smallest absolute Gasteiger partial charge is 0.411 e. The van der Waals surface area contributed by atoms with E-state index >= 15 is 0 Å². The monoisotopic (exact) mass is 327 g/mol. The summed E-state index contributed by atoms with van der Waals surface area (Å²) in [5.74, 6) is 0.0958. The molecule has 0 aliphatic carbocycles. The molecule has 9 heteroatoms. The third kappa shape index (κ3) is 6.30. The molecule has 0 atom stereocenters. The number of anilines is 1. The average molecular weight is 327 g/mol. The summed E-state index contributed by atoms with van der Waals surface area (Å²) in [6.45, 7) is -2.15. The number of halogens is 3. The molecule has 0 aliphatic heterocycles. The van der Waals surface area contributed by atoms with Crippen LogP contribution in [0.4, 0.5) is 18.9 Å². The zero-order valence-corrected chi connectivity index (χ0v) is 11.7. The molecule has 0 saturated heterocycles. The van der Waals surface area contributed by atoms with Crippen LogP contribution in [-0.2, 0) is 9.53 Å². The third-order valence-corrected chi connectivity index (χ3v) is 2.40. The van der Waals surface area contributed by atoms with Crippen molar-refractivity contribution in [1.29, 1.82) is 0 Å². The zero-order valence-electron chi connectivity index (χ0n) is 11.7. The van der Waals surface area contributed by atoms with E-state index in [1.165, 1.54) is 30.7 Å². The number of nitrogens with zero attached hydrogens (tertiary/aromatic N) is 2. The Kier molecular flexibility index (Phi) is 5.47. The summed E-state index contributed by atoms with van der Waals surface area (Å²) in [7, 11) is 0. The highest BCUT2D eigenvalue weighted by molar-refractivity contribution is 5.91. The highest BCUT2D eigenvalue weighted by Crippen LogP contribution is 2.20. The van der Waals surface area contributed by atoms with Crippen molar-refractivity contribution >= 4 is 11.6 Å². The van der Waals surface area contributed by atoms with E-state index in [2.05, 4.69) is 20.0 Å². The topological polar surface area (TPSA) is 73.3 Å². The van der Waals surface area contributed by atoms with Gasteiger partial charge in [-0.1, -0.05) is 0 Å². The van der Waals surface area contributed by atoms with Crippen LogP contribution in [0, 0.1) is 0 Å². The number of aromatic nitrogens is 2. The summed E-state index contributed by atoms with van der Waals surface area (Å²) >= 11 is 0. The summed E-state index contributed by atoms with van der Waals surface area (Å²) in [5.41, 5.74) is 0.400. The molecule has 23 heavy (non-hydrogen) atoms. The van der Waals surface area contributed by atoms with Gasteiger partial charge in [0.05, 0.1) is 6.20 Å². The molecule has 0 radical (unpaired) electrons. The highest BCUT2D eigenvalue weighted by Gasteiger charge is 2.27. The number of hydrogen-bond donors (Lipinski definition) is 1. The van der Waals surface area contributed by atoms with Crippen molar-refractivity contribution < 1.29 is 27.4 Å². The van der Waals surface area contributed by atoms with Gasteiger partial charge in [0, 0.05) is 18.1 Å². The summed E-state index contributed by atoms with van der Waals surface area (Å²) in [5, 5.41) is 2.40. The molecular formula is C14H12F3N3O3. The summed E-state index contributed by atoms with van der Waals surface area (Å²) in [6, 6.07) is 6.21. The molecule has 0 bridgehead atoms. The lowest BCUT2D eigenvalue weighted by atomic mass is 10.3. The molecule has 1 aromatic carbocycles. The average Bonchev–Trinajstić information content (AvgIpc) is 2.49. The molecule has 0 spiro atoms. The van der Waals surface area contributed by atoms with Gasteiger partial charge >= 0.3 is 6.18 Å². The van der Waals surface area contributed by atoms with Crippen LogP contribution >= 0.6 is 0 Å². The molecule has 2 rings (SSSR count). The van der Waals surface area contributed by atoms with Crippen LogP contribution < -0.4 is 10.1 Å². The van der Waals surface area contributed by atoms with Gasteiger partial charge in [0.25, 0.3) is 0 Å². The molecule has 1 heterocycles. The fourth-order valence-electron chi connectivity index (χ4n) is 1.52. The number of ether oxygens (including phenoxy) is 2. The first-order valence-electron chi connectivity index (χ1n) is 6.41. The first-order chi connectivity index (χ1) is 10.9. The SMILES string of the molecule is O=C(COCC(F)(F)F)Nc1ccc(Oc2cnccn2)cc1. The zero-order chi connectivity index (χ0) is 16.7. The maximum atomic E-state index is 11.9. The molecule has 0 aliphatic rings. The number of benzene rings is 1. The Hall–Kier alpha value is -2.68. The van der Waals surface area contributed by atoms with Crippen molar-refractivity contribution in [2.24, 2.45) is 0 Å². The minimum atomic E-state index is -4.46. The Morgan fingerprint density at radius 3 is 2.52 bits per heavy atom. The van der Waals surface area contributed by atoms with Crippen molar-refractivity contribution in [3.05, 3.63) is 42.9 Å². The van der Waals surface area contributed by atoms with Gasteiger partial charge in [0.1, 0.15) is 19.0 Å². The minimum Gasteiger partial charge on any atom is -0.438 e. The lowest BCUT2D eigenvalue weighted by Gasteiger charge is -2.09. The molecular weight excluding hydrogens is 315 g/mol. The number of rotatable bonds is 6. The molecule has 6 nitrogen and oxygen atoms in total. The highest BCUT2D eigenvalue weighted by atomic mass is 19.4. The van der Waals surface area contributed by atoms with Crippen LogP contribution in [0.25, 0.3) is 0 Å². The number of carbonyl (C=O) groups excluding carboxylic acids is 1. The van der Waals surface area contributed by atoms with Crippen LogP contribution in [-0.4, -0.2) is 35.3 Å². The van der Waals surface area contributed by atoms with Crippen molar-refractivity contribution in [1.82, 2.24) is 9.97 Å². The number of amides is 1. The molecule has 122 valence electrons. The van der Waals surface area contributed by atoms with Crippen molar-refractivity contribution in [2.75, 3.05) is 18.5 Å². The second kappa shape index (κ2) is 7.54. The van der Waals surface area contributed by atoms with Gasteiger partial charge in [-0.2, -0.15) is 13.2 Å². The van der Waals surface area contributed by atoms with Gasteiger partial charge < -0.3 is 14.8 Å². The predicted molar refractivity (Wildman–Crippen MR) is 74.1 cm³/mol. The van der Waals surface area contributed by atoms with Crippen molar-refractivity contribution in [2.45, 2.75) is 6.18 Å². The maximum absolute atomic E-state index is 11.9. The largest absolute Gasteiger partial charge is 0.438 e. The second-order valence-electron chi connectivity index (χ2n) is 4.33. The van der Waals surface area contributed by atoms with E-state index in [0.29, 0.717) is 17.3 Å². The molecule has 1 N–H and O–H groups in total. The fourth-order valence-corrected chi connectivity index (χ4v) is 1.52. The van der Waals surface area contributed by atoms with Crippen LogP contribution in [0.3, 0.4) is 0 Å². The van der Waals surface area contributed by atoms with E-state index in [4.69, 9.17) is 4.74 Å². The van der Waals surface area contributed by atoms with Gasteiger partial charge in [-0.25, -0.2) is 4.98 Å². The summed E-state index contributed by atoms with van der Waals surface area (Å²) in [6.07, 6.45) is -0.0372. The summed E-state index contributed by atoms with van der Waals surface area (Å²) in [4.78, 5) is 19.2. The number of alkyl halides is 3. The Balaban J connectivity index is 1.81. The first-order valence-corrected chi connectivity index (χ1v) is 6.41. The predicted octanol–water partition coefficient (Wildman–Crippen LogP) is 2.79. The van der Waals surface area contributed by atoms with Crippen LogP contribution in [0.5, 0.6) is 11.6 Å². The van der Waals surface area contributed by atoms with E-state index in [0.717, 1.165) is 0 Å². The van der Waals surface area contributed by atoms with E-state index in [-0.39, 0.29) is 0 Å². The third-order valence-electron chi connectivity index (χ3n) is 2.40. The number of carbonyl (C=O) groups is 1. The molecule has 1 amide bonds. The molecule has 1 aromatic heterocycles. The maximum Gasteiger partial charge on any atom is 0.411 e. The van der Waals surface area contributed by atoms with E-state index in [1.807, 2.05) is 0 Å². The Labute approximate surface area is 129 Å². The Bertz CT molecular complexity index is 633. The Morgan fingerprint density at radius 2 is 1.91 bits per heavy atom. The van der Waals surface area contributed by atoms with Gasteiger partial charge in [-0.15, -0.1) is 0 Å². The fraction of sp³-hybridized carbons (Fsp3) is 0.214. The minimum absolute atomic E-state index is 0.310. The van der Waals surface area contributed by atoms with Gasteiger partial charge in [-0.05, 0) is 24.3 Å². The normalized spacial score (nSPS) is 11.1. The van der Waals surface area contributed by atoms with Crippen molar-refractivity contribution in [3.63, 3.8) is 0 Å². The van der Waals surface area contributed by atoms with Crippen LogP contribution in [0.2, 0.25) is 0 Å². The van der Waals surface area contributed by atoms with Gasteiger partial charge in [0.2, 0.25) is 11.8 Å². The molecule has 2 aromatic rings. The Morgan fingerprint density at radius 1 is 1.17 bits per heavy atom. The number of nitrogens with one attached hydrogen (secondary N) is 1. The standard InChI is InChI=1S/C14H12F3N3O3/c15-14(16,17)9-22-8-12(21)20-10-1-3-11(4-2-10)23-13-7-18-5-6-19-13/h1-7H,8-9H2,(H,20,21). The van der Waals surface area contributed by atoms with Gasteiger partial charge in [0.15, 0.2) is 0 Å². The first kappa shape index (κ1) is 16.7. The van der Waals surface area contributed by atoms with E-state index < -0.39 is 25.3 Å². The van der Waals surface area contributed by atoms with Gasteiger partial charge in [-0.3, -0.25) is 9.78 Å². The lowest BCUT2D eigenvalue weighted by molar-refractivity contribution is -0.174. The molecule has 0 unspecified atom stereocenters. The quantitative estimate of drug-likeness (QED) is 0.883.